The zero-order chi connectivity index (χ0) is 23.1. The lowest BCUT2D eigenvalue weighted by Gasteiger charge is -2.32. The lowest BCUT2D eigenvalue weighted by atomic mass is 9.98. The highest BCUT2D eigenvalue weighted by atomic mass is 19.4. The number of fused-ring (bicyclic) bond motifs is 1. The van der Waals surface area contributed by atoms with Gasteiger partial charge in [-0.15, -0.1) is 0 Å². The molecule has 2 aliphatic rings. The van der Waals surface area contributed by atoms with Gasteiger partial charge in [-0.3, -0.25) is 4.98 Å². The number of carbonyl (C=O) groups is 1. The van der Waals surface area contributed by atoms with Crippen LogP contribution in [0.5, 0.6) is 11.5 Å². The number of hydrogen-bond donors (Lipinski definition) is 1. The summed E-state index contributed by atoms with van der Waals surface area (Å²) in [5.74, 6) is 1.79. The molecule has 2 aliphatic heterocycles. The number of carbonyl (C=O) groups excluding carboxylic acids is 1. The molecule has 1 saturated heterocycles. The Bertz CT molecular complexity index is 916. The molecule has 0 saturated carbocycles. The fourth-order valence-corrected chi connectivity index (χ4v) is 3.67. The molecule has 4 rings (SSSR count). The molecule has 174 valence electrons. The fourth-order valence-electron chi connectivity index (χ4n) is 3.67. The number of alkyl halides is 3. The van der Waals surface area contributed by atoms with E-state index in [0.29, 0.717) is 67.8 Å². The molecule has 0 spiro atoms. The van der Waals surface area contributed by atoms with Crippen LogP contribution in [0.15, 0.2) is 24.4 Å². The Morgan fingerprint density at radius 1 is 1.16 bits per heavy atom. The van der Waals surface area contributed by atoms with Crippen molar-refractivity contribution in [1.82, 2.24) is 9.97 Å². The van der Waals surface area contributed by atoms with E-state index in [2.05, 4.69) is 9.97 Å². The topological polar surface area (TPSA) is 84.8 Å². The predicted octanol–water partition coefficient (Wildman–Crippen LogP) is 3.43. The molecule has 0 aliphatic carbocycles. The van der Waals surface area contributed by atoms with Crippen molar-refractivity contribution in [3.05, 3.63) is 30.1 Å². The van der Waals surface area contributed by atoms with Gasteiger partial charge in [0.2, 0.25) is 0 Å². The first-order chi connectivity index (χ1) is 15.4. The highest BCUT2D eigenvalue weighted by Crippen LogP contribution is 2.37. The first-order valence-corrected chi connectivity index (χ1v) is 10.4. The summed E-state index contributed by atoms with van der Waals surface area (Å²) in [6.45, 7) is 2.12. The van der Waals surface area contributed by atoms with Crippen molar-refractivity contribution in [3.63, 3.8) is 0 Å². The summed E-state index contributed by atoms with van der Waals surface area (Å²) >= 11 is 0. The largest absolute Gasteiger partial charge is 0.486 e. The third kappa shape index (κ3) is 5.87. The van der Waals surface area contributed by atoms with Crippen LogP contribution in [0, 0.1) is 5.92 Å². The van der Waals surface area contributed by atoms with E-state index in [9.17, 15) is 18.0 Å². The van der Waals surface area contributed by atoms with E-state index in [4.69, 9.17) is 14.6 Å². The minimum Gasteiger partial charge on any atom is -0.486 e. The van der Waals surface area contributed by atoms with Crippen LogP contribution in [-0.4, -0.2) is 61.0 Å². The number of aldehydes is 1. The Balaban J connectivity index is 0.00000141. The van der Waals surface area contributed by atoms with Crippen LogP contribution < -0.4 is 14.4 Å². The van der Waals surface area contributed by atoms with Crippen LogP contribution in [0.25, 0.3) is 11.3 Å². The Hall–Kier alpha value is -2.88. The van der Waals surface area contributed by atoms with Gasteiger partial charge in [0.25, 0.3) is 0 Å². The number of piperidine rings is 1. The fraction of sp³-hybridized carbons (Fsp3) is 0.500. The normalized spacial score (nSPS) is 16.2. The van der Waals surface area contributed by atoms with E-state index >= 15 is 0 Å². The summed E-state index contributed by atoms with van der Waals surface area (Å²) in [5.41, 5.74) is 1.62. The van der Waals surface area contributed by atoms with Gasteiger partial charge in [-0.1, -0.05) is 0 Å². The zero-order valence-corrected chi connectivity index (χ0v) is 17.8. The third-order valence-electron chi connectivity index (χ3n) is 5.32. The Morgan fingerprint density at radius 3 is 2.50 bits per heavy atom. The average molecular weight is 453 g/mol. The molecule has 1 fully saturated rings. The smallest absolute Gasteiger partial charge is 0.389 e. The molecule has 32 heavy (non-hydrogen) atoms. The average Bonchev–Trinajstić information content (AvgIpc) is 2.83. The van der Waals surface area contributed by atoms with E-state index in [1.165, 1.54) is 6.20 Å². The first kappa shape index (κ1) is 23.8. The number of aromatic nitrogens is 2. The standard InChI is InChI=1S/C21H22F3N3O3.CH4O/c22-21(23,24)6-3-16-12-25-19(15-1-2-17-18(11-15)30-10-9-29-17)20(26-16)27-7-4-14(13-28)5-8-27;1-2/h1-2,11-14H,3-10H2;2H,1H3. The van der Waals surface area contributed by atoms with Gasteiger partial charge in [0.1, 0.15) is 25.2 Å². The number of benzene rings is 1. The van der Waals surface area contributed by atoms with Crippen molar-refractivity contribution < 1.29 is 32.5 Å². The van der Waals surface area contributed by atoms with Crippen LogP contribution in [0.4, 0.5) is 19.0 Å². The summed E-state index contributed by atoms with van der Waals surface area (Å²) in [5, 5.41) is 7.00. The van der Waals surface area contributed by atoms with Crippen molar-refractivity contribution in [1.29, 1.82) is 0 Å². The molecule has 0 amide bonds. The summed E-state index contributed by atoms with van der Waals surface area (Å²) in [4.78, 5) is 22.1. The maximum atomic E-state index is 12.7. The van der Waals surface area contributed by atoms with Crippen LogP contribution >= 0.6 is 0 Å². The number of nitrogens with zero attached hydrogens (tertiary/aromatic N) is 3. The van der Waals surface area contributed by atoms with Crippen LogP contribution in [0.2, 0.25) is 0 Å². The number of aliphatic hydroxyl groups is 1. The SMILES string of the molecule is CO.O=CC1CCN(c2nc(CCC(F)(F)F)cnc2-c2ccc3c(c2)OCCO3)CC1. The number of aryl methyl sites for hydroxylation is 1. The molecule has 2 aromatic rings. The van der Waals surface area contributed by atoms with Gasteiger partial charge in [-0.25, -0.2) is 4.98 Å². The van der Waals surface area contributed by atoms with E-state index < -0.39 is 12.6 Å². The number of halogens is 3. The van der Waals surface area contributed by atoms with Gasteiger partial charge in [-0.2, -0.15) is 13.2 Å². The quantitative estimate of drug-likeness (QED) is 0.695. The Morgan fingerprint density at radius 2 is 1.84 bits per heavy atom. The van der Waals surface area contributed by atoms with Gasteiger partial charge in [-0.05, 0) is 37.5 Å². The summed E-state index contributed by atoms with van der Waals surface area (Å²) in [7, 11) is 1.00. The molecular weight excluding hydrogens is 427 g/mol. The minimum atomic E-state index is -4.25. The van der Waals surface area contributed by atoms with Crippen molar-refractivity contribution in [3.8, 4) is 22.8 Å². The number of aliphatic hydroxyl groups excluding tert-OH is 1. The molecular formula is C22H26F3N3O4. The molecule has 1 N–H and O–H groups in total. The van der Waals surface area contributed by atoms with Crippen molar-refractivity contribution in [2.75, 3.05) is 38.3 Å². The summed E-state index contributed by atoms with van der Waals surface area (Å²) in [6.07, 6.45) is -1.70. The van der Waals surface area contributed by atoms with Gasteiger partial charge < -0.3 is 24.3 Å². The second-order valence-corrected chi connectivity index (χ2v) is 7.47. The van der Waals surface area contributed by atoms with E-state index in [1.807, 2.05) is 17.0 Å². The second kappa shape index (κ2) is 10.6. The van der Waals surface area contributed by atoms with E-state index in [-0.39, 0.29) is 12.3 Å². The highest BCUT2D eigenvalue weighted by molar-refractivity contribution is 5.74. The van der Waals surface area contributed by atoms with Gasteiger partial charge in [0, 0.05) is 44.3 Å². The third-order valence-corrected chi connectivity index (χ3v) is 5.32. The van der Waals surface area contributed by atoms with E-state index in [1.54, 1.807) is 6.07 Å². The molecule has 0 unspecified atom stereocenters. The molecule has 0 atom stereocenters. The van der Waals surface area contributed by atoms with Crippen LogP contribution in [0.3, 0.4) is 0 Å². The number of hydrogen-bond acceptors (Lipinski definition) is 7. The van der Waals surface area contributed by atoms with Crippen LogP contribution in [0.1, 0.15) is 25.0 Å². The molecule has 0 radical (unpaired) electrons. The van der Waals surface area contributed by atoms with Crippen LogP contribution in [-0.2, 0) is 11.2 Å². The molecule has 7 nitrogen and oxygen atoms in total. The van der Waals surface area contributed by atoms with Gasteiger partial charge >= 0.3 is 6.18 Å². The lowest BCUT2D eigenvalue weighted by Crippen LogP contribution is -2.35. The lowest BCUT2D eigenvalue weighted by molar-refractivity contribution is -0.134. The van der Waals surface area contributed by atoms with Gasteiger partial charge in [0.15, 0.2) is 17.3 Å². The van der Waals surface area contributed by atoms with Crippen molar-refractivity contribution in [2.45, 2.75) is 31.9 Å². The Kier molecular flexibility index (Phi) is 7.89. The summed E-state index contributed by atoms with van der Waals surface area (Å²) < 4.78 is 49.2. The first-order valence-electron chi connectivity index (χ1n) is 10.4. The number of anilines is 1. The number of ether oxygens (including phenoxy) is 2. The summed E-state index contributed by atoms with van der Waals surface area (Å²) in [6, 6.07) is 5.45. The minimum absolute atomic E-state index is 0.000338. The number of rotatable bonds is 5. The monoisotopic (exact) mass is 453 g/mol. The zero-order valence-electron chi connectivity index (χ0n) is 17.8. The molecule has 0 bridgehead atoms. The second-order valence-electron chi connectivity index (χ2n) is 7.47. The van der Waals surface area contributed by atoms with E-state index in [0.717, 1.165) is 19.0 Å². The molecule has 1 aromatic carbocycles. The molecule has 3 heterocycles. The maximum Gasteiger partial charge on any atom is 0.389 e. The van der Waals surface area contributed by atoms with Crippen molar-refractivity contribution >= 4 is 12.1 Å². The predicted molar refractivity (Wildman–Crippen MR) is 112 cm³/mol. The molecule has 1 aromatic heterocycles. The van der Waals surface area contributed by atoms with Gasteiger partial charge in [0.05, 0.1) is 5.69 Å². The molecule has 10 heteroatoms. The maximum absolute atomic E-state index is 12.7. The highest BCUT2D eigenvalue weighted by Gasteiger charge is 2.28. The Labute approximate surface area is 184 Å². The van der Waals surface area contributed by atoms with Crippen molar-refractivity contribution in [2.24, 2.45) is 5.92 Å².